The fourth-order valence-electron chi connectivity index (χ4n) is 4.08. The van der Waals surface area contributed by atoms with E-state index in [-0.39, 0.29) is 0 Å². The first-order chi connectivity index (χ1) is 12.3. The summed E-state index contributed by atoms with van der Waals surface area (Å²) in [6.07, 6.45) is 0. The molecule has 0 atom stereocenters. The predicted molar refractivity (Wildman–Crippen MR) is 108 cm³/mol. The Bertz CT molecular complexity index is 1450. The Balaban J connectivity index is 1.91. The van der Waals surface area contributed by atoms with Gasteiger partial charge in [-0.05, 0) is 23.6 Å². The van der Waals surface area contributed by atoms with Gasteiger partial charge in [0.1, 0.15) is 0 Å². The summed E-state index contributed by atoms with van der Waals surface area (Å²) < 4.78 is 0. The maximum absolute atomic E-state index is 6.19. The number of para-hydroxylation sites is 1. The van der Waals surface area contributed by atoms with E-state index < -0.39 is 0 Å². The number of aromatic nitrogens is 2. The van der Waals surface area contributed by atoms with Gasteiger partial charge in [0.05, 0.1) is 11.0 Å². The quantitative estimate of drug-likeness (QED) is 0.306. The molecule has 0 radical (unpaired) electrons. The van der Waals surface area contributed by atoms with Crippen molar-refractivity contribution in [1.82, 2.24) is 9.97 Å². The molecule has 118 valence electrons. The van der Waals surface area contributed by atoms with Crippen LogP contribution in [0.1, 0.15) is 0 Å². The molecule has 0 fully saturated rings. The van der Waals surface area contributed by atoms with Crippen molar-refractivity contribution in [3.05, 3.63) is 71.8 Å². The molecule has 0 unspecified atom stereocenters. The van der Waals surface area contributed by atoms with Gasteiger partial charge >= 0.3 is 0 Å². The van der Waals surface area contributed by atoms with E-state index in [2.05, 4.69) is 64.6 Å². The van der Waals surface area contributed by atoms with Crippen molar-refractivity contribution < 1.29 is 0 Å². The second-order valence-corrected chi connectivity index (χ2v) is 7.00. The van der Waals surface area contributed by atoms with Gasteiger partial charge in [-0.1, -0.05) is 60.1 Å². The molecule has 6 aromatic rings. The highest BCUT2D eigenvalue weighted by molar-refractivity contribution is 6.32. The molecule has 6 rings (SSSR count). The Morgan fingerprint density at radius 1 is 0.600 bits per heavy atom. The van der Waals surface area contributed by atoms with Gasteiger partial charge in [0.2, 0.25) is 0 Å². The molecular formula is C22H13ClN2. The summed E-state index contributed by atoms with van der Waals surface area (Å²) in [5.74, 6) is 0. The van der Waals surface area contributed by atoms with Crippen molar-refractivity contribution in [2.75, 3.05) is 0 Å². The summed E-state index contributed by atoms with van der Waals surface area (Å²) in [6.45, 7) is 0. The molecule has 2 aromatic heterocycles. The number of hydrogen-bond acceptors (Lipinski definition) is 0. The Kier molecular flexibility index (Phi) is 2.43. The molecule has 0 saturated heterocycles. The maximum Gasteiger partial charge on any atom is 0.0565 e. The molecule has 0 amide bonds. The van der Waals surface area contributed by atoms with Gasteiger partial charge in [-0.2, -0.15) is 0 Å². The Hall–Kier alpha value is -2.97. The number of H-pyrrole nitrogens is 2. The third-order valence-electron chi connectivity index (χ3n) is 5.19. The van der Waals surface area contributed by atoms with Crippen LogP contribution in [0.2, 0.25) is 5.02 Å². The summed E-state index contributed by atoms with van der Waals surface area (Å²) >= 11 is 6.19. The molecule has 0 saturated carbocycles. The smallest absolute Gasteiger partial charge is 0.0565 e. The average Bonchev–Trinajstić information content (AvgIpc) is 3.18. The number of hydrogen-bond donors (Lipinski definition) is 2. The lowest BCUT2D eigenvalue weighted by molar-refractivity contribution is 1.54. The number of nitrogens with one attached hydrogen (secondary N) is 2. The summed E-state index contributed by atoms with van der Waals surface area (Å²) in [5.41, 5.74) is 4.58. The summed E-state index contributed by atoms with van der Waals surface area (Å²) in [6, 6.07) is 23.3. The van der Waals surface area contributed by atoms with E-state index in [1.54, 1.807) is 0 Å². The standard InChI is InChI=1S/C22H13ClN2/c23-13-7-10-15-17-9-6-12-5-8-16-14-3-1-2-4-18(14)24-21(16)20(12)22(17)25-19(15)11-13/h1-11,24-25H. The largest absolute Gasteiger partial charge is 0.354 e. The second-order valence-electron chi connectivity index (χ2n) is 6.56. The first-order valence-electron chi connectivity index (χ1n) is 8.33. The van der Waals surface area contributed by atoms with Gasteiger partial charge in [0.25, 0.3) is 0 Å². The zero-order valence-electron chi connectivity index (χ0n) is 13.2. The third-order valence-corrected chi connectivity index (χ3v) is 5.43. The molecule has 25 heavy (non-hydrogen) atoms. The number of halogens is 1. The number of fused-ring (bicyclic) bond motifs is 9. The van der Waals surface area contributed by atoms with Gasteiger partial charge in [-0.25, -0.2) is 0 Å². The van der Waals surface area contributed by atoms with Crippen molar-refractivity contribution in [1.29, 1.82) is 0 Å². The normalized spacial score (nSPS) is 12.2. The van der Waals surface area contributed by atoms with Crippen molar-refractivity contribution in [2.24, 2.45) is 0 Å². The molecule has 0 aliphatic heterocycles. The van der Waals surface area contributed by atoms with Crippen molar-refractivity contribution in [3.8, 4) is 0 Å². The van der Waals surface area contributed by atoms with Crippen molar-refractivity contribution in [3.63, 3.8) is 0 Å². The number of aromatic amines is 2. The average molecular weight is 341 g/mol. The molecule has 2 nitrogen and oxygen atoms in total. The zero-order chi connectivity index (χ0) is 16.5. The van der Waals surface area contributed by atoms with Crippen LogP contribution in [0.3, 0.4) is 0 Å². The van der Waals surface area contributed by atoms with Gasteiger partial charge in [-0.3, -0.25) is 0 Å². The van der Waals surface area contributed by atoms with Crippen LogP contribution in [0.15, 0.2) is 66.7 Å². The van der Waals surface area contributed by atoms with Gasteiger partial charge in [0, 0.05) is 43.0 Å². The van der Waals surface area contributed by atoms with Crippen LogP contribution in [0, 0.1) is 0 Å². The highest BCUT2D eigenvalue weighted by Gasteiger charge is 2.13. The predicted octanol–water partition coefficient (Wildman–Crippen LogP) is 6.76. The van der Waals surface area contributed by atoms with E-state index in [1.165, 1.54) is 43.4 Å². The lowest BCUT2D eigenvalue weighted by Gasteiger charge is -2.02. The highest BCUT2D eigenvalue weighted by atomic mass is 35.5. The van der Waals surface area contributed by atoms with E-state index >= 15 is 0 Å². The zero-order valence-corrected chi connectivity index (χ0v) is 14.0. The number of benzene rings is 4. The van der Waals surface area contributed by atoms with Crippen LogP contribution < -0.4 is 0 Å². The molecule has 2 N–H and O–H groups in total. The monoisotopic (exact) mass is 340 g/mol. The summed E-state index contributed by atoms with van der Waals surface area (Å²) in [4.78, 5) is 7.22. The van der Waals surface area contributed by atoms with Crippen LogP contribution in [-0.4, -0.2) is 9.97 Å². The van der Waals surface area contributed by atoms with Crippen molar-refractivity contribution in [2.45, 2.75) is 0 Å². The van der Waals surface area contributed by atoms with Gasteiger partial charge in [0.15, 0.2) is 0 Å². The Labute approximate surface area is 148 Å². The van der Waals surface area contributed by atoms with Crippen LogP contribution in [0.5, 0.6) is 0 Å². The Morgan fingerprint density at radius 2 is 1.24 bits per heavy atom. The van der Waals surface area contributed by atoms with E-state index in [4.69, 9.17) is 11.6 Å². The number of rotatable bonds is 0. The lowest BCUT2D eigenvalue weighted by Crippen LogP contribution is -1.78. The minimum absolute atomic E-state index is 0.749. The van der Waals surface area contributed by atoms with Crippen LogP contribution in [0.25, 0.3) is 54.4 Å². The minimum atomic E-state index is 0.749. The first kappa shape index (κ1) is 13.3. The van der Waals surface area contributed by atoms with E-state index in [9.17, 15) is 0 Å². The van der Waals surface area contributed by atoms with E-state index in [0.29, 0.717) is 0 Å². The molecule has 0 aliphatic rings. The fourth-order valence-corrected chi connectivity index (χ4v) is 4.25. The second kappa shape index (κ2) is 4.56. The fraction of sp³-hybridized carbons (Fsp3) is 0. The third kappa shape index (κ3) is 1.70. The first-order valence-corrected chi connectivity index (χ1v) is 8.70. The molecule has 4 aromatic carbocycles. The molecule has 2 heterocycles. The topological polar surface area (TPSA) is 31.6 Å². The maximum atomic E-state index is 6.19. The van der Waals surface area contributed by atoms with Crippen LogP contribution in [-0.2, 0) is 0 Å². The lowest BCUT2D eigenvalue weighted by atomic mass is 10.0. The highest BCUT2D eigenvalue weighted by Crippen LogP contribution is 2.37. The molecular weight excluding hydrogens is 328 g/mol. The molecule has 0 aliphatic carbocycles. The van der Waals surface area contributed by atoms with E-state index in [1.807, 2.05) is 12.1 Å². The van der Waals surface area contributed by atoms with Crippen molar-refractivity contribution >= 4 is 66.0 Å². The van der Waals surface area contributed by atoms with Gasteiger partial charge in [-0.15, -0.1) is 0 Å². The minimum Gasteiger partial charge on any atom is -0.354 e. The van der Waals surface area contributed by atoms with Gasteiger partial charge < -0.3 is 9.97 Å². The summed E-state index contributed by atoms with van der Waals surface area (Å²) in [7, 11) is 0. The molecule has 3 heteroatoms. The van der Waals surface area contributed by atoms with Crippen LogP contribution >= 0.6 is 11.6 Å². The summed E-state index contributed by atoms with van der Waals surface area (Å²) in [5, 5.41) is 8.16. The van der Waals surface area contributed by atoms with E-state index in [0.717, 1.165) is 16.1 Å². The molecule has 0 spiro atoms. The molecule has 0 bridgehead atoms. The van der Waals surface area contributed by atoms with Crippen LogP contribution in [0.4, 0.5) is 0 Å². The Morgan fingerprint density at radius 3 is 2.04 bits per heavy atom. The SMILES string of the molecule is Clc1ccc2c(c1)[nH]c1c2ccc2ccc3c4ccccc4[nH]c3c21.